The van der Waals surface area contributed by atoms with Crippen LogP contribution in [-0.2, 0) is 9.84 Å². The molecule has 0 amide bonds. The minimum atomic E-state index is -3.36. The highest BCUT2D eigenvalue weighted by Crippen LogP contribution is 2.30. The Kier molecular flexibility index (Phi) is 3.17. The predicted molar refractivity (Wildman–Crippen MR) is 63.1 cm³/mol. The molecule has 0 saturated heterocycles. The smallest absolute Gasteiger partial charge is 0.184 e. The molecule has 0 aliphatic carbocycles. The first-order valence-electron chi connectivity index (χ1n) is 4.67. The second-order valence-electron chi connectivity index (χ2n) is 4.55. The van der Waals surface area contributed by atoms with E-state index in [1.807, 2.05) is 6.92 Å². The lowest BCUT2D eigenvalue weighted by Crippen LogP contribution is -2.28. The molecular formula is C11H15ClO2S. The molecule has 0 spiro atoms. The van der Waals surface area contributed by atoms with Crippen LogP contribution in [0, 0.1) is 6.92 Å². The number of hydrogen-bond donors (Lipinski definition) is 0. The van der Waals surface area contributed by atoms with Gasteiger partial charge >= 0.3 is 0 Å². The third-order valence-electron chi connectivity index (χ3n) is 2.18. The molecule has 0 unspecified atom stereocenters. The van der Waals surface area contributed by atoms with E-state index in [2.05, 4.69) is 0 Å². The van der Waals surface area contributed by atoms with Gasteiger partial charge in [0.05, 0.1) is 14.7 Å². The number of sulfone groups is 1. The highest BCUT2D eigenvalue weighted by atomic mass is 35.5. The maximum absolute atomic E-state index is 12.1. The van der Waals surface area contributed by atoms with Gasteiger partial charge in [-0.05, 0) is 45.4 Å². The number of benzene rings is 1. The molecule has 0 aliphatic rings. The van der Waals surface area contributed by atoms with Crippen molar-refractivity contribution in [3.05, 3.63) is 28.8 Å². The first kappa shape index (κ1) is 12.5. The summed E-state index contributed by atoms with van der Waals surface area (Å²) in [5.41, 5.74) is 0.952. The van der Waals surface area contributed by atoms with Crippen LogP contribution < -0.4 is 0 Å². The molecule has 1 rings (SSSR count). The minimum absolute atomic E-state index is 0.210. The fourth-order valence-electron chi connectivity index (χ4n) is 1.15. The van der Waals surface area contributed by atoms with Crippen molar-refractivity contribution in [2.24, 2.45) is 0 Å². The Morgan fingerprint density at radius 2 is 1.73 bits per heavy atom. The average molecular weight is 247 g/mol. The second-order valence-corrected chi connectivity index (χ2v) is 7.63. The van der Waals surface area contributed by atoms with E-state index in [0.717, 1.165) is 5.56 Å². The average Bonchev–Trinajstić information content (AvgIpc) is 2.00. The van der Waals surface area contributed by atoms with E-state index >= 15 is 0 Å². The van der Waals surface area contributed by atoms with Gasteiger partial charge in [-0.25, -0.2) is 8.42 Å². The van der Waals surface area contributed by atoms with Crippen LogP contribution in [0.3, 0.4) is 0 Å². The first-order valence-corrected chi connectivity index (χ1v) is 6.53. The summed E-state index contributed by atoms with van der Waals surface area (Å²) in [6.45, 7) is 6.87. The van der Waals surface area contributed by atoms with Crippen LogP contribution in [0.15, 0.2) is 23.1 Å². The van der Waals surface area contributed by atoms with Crippen LogP contribution in [0.2, 0.25) is 5.02 Å². The Labute approximate surface area is 96.2 Å². The van der Waals surface area contributed by atoms with E-state index in [-0.39, 0.29) is 4.90 Å². The lowest BCUT2D eigenvalue weighted by atomic mass is 10.2. The fourth-order valence-corrected chi connectivity index (χ4v) is 2.92. The highest BCUT2D eigenvalue weighted by molar-refractivity contribution is 7.92. The molecule has 0 heterocycles. The Hall–Kier alpha value is -0.540. The highest BCUT2D eigenvalue weighted by Gasteiger charge is 2.32. The number of halogens is 1. The van der Waals surface area contributed by atoms with Gasteiger partial charge in [-0.15, -0.1) is 0 Å². The molecule has 0 saturated carbocycles. The zero-order chi connectivity index (χ0) is 11.9. The summed E-state index contributed by atoms with van der Waals surface area (Å²) in [6, 6.07) is 4.99. The standard InChI is InChI=1S/C11H15ClO2S/c1-8-5-6-10(9(12)7-8)15(13,14)11(2,3)4/h5-7H,1-4H3. The Morgan fingerprint density at radius 1 is 1.20 bits per heavy atom. The van der Waals surface area contributed by atoms with Gasteiger partial charge in [-0.3, -0.25) is 0 Å². The van der Waals surface area contributed by atoms with Crippen molar-refractivity contribution < 1.29 is 8.42 Å². The monoisotopic (exact) mass is 246 g/mol. The van der Waals surface area contributed by atoms with E-state index in [1.54, 1.807) is 39.0 Å². The van der Waals surface area contributed by atoms with Crippen molar-refractivity contribution in [1.82, 2.24) is 0 Å². The van der Waals surface area contributed by atoms with Crippen molar-refractivity contribution in [3.63, 3.8) is 0 Å². The number of aryl methyl sites for hydroxylation is 1. The molecule has 15 heavy (non-hydrogen) atoms. The van der Waals surface area contributed by atoms with Crippen LogP contribution in [0.5, 0.6) is 0 Å². The van der Waals surface area contributed by atoms with Crippen molar-refractivity contribution in [1.29, 1.82) is 0 Å². The SMILES string of the molecule is Cc1ccc(S(=O)(=O)C(C)(C)C)c(Cl)c1. The van der Waals surface area contributed by atoms with Gasteiger partial charge in [0.15, 0.2) is 9.84 Å². The van der Waals surface area contributed by atoms with Gasteiger partial charge < -0.3 is 0 Å². The van der Waals surface area contributed by atoms with Crippen LogP contribution in [-0.4, -0.2) is 13.2 Å². The van der Waals surface area contributed by atoms with Gasteiger partial charge in [0.2, 0.25) is 0 Å². The molecule has 0 aromatic heterocycles. The van der Waals surface area contributed by atoms with Crippen molar-refractivity contribution in [3.8, 4) is 0 Å². The van der Waals surface area contributed by atoms with Crippen molar-refractivity contribution in [2.45, 2.75) is 37.3 Å². The molecule has 0 N–H and O–H groups in total. The molecule has 1 aromatic carbocycles. The van der Waals surface area contributed by atoms with Gasteiger partial charge in [0, 0.05) is 0 Å². The normalized spacial score (nSPS) is 12.9. The van der Waals surface area contributed by atoms with Crippen LogP contribution in [0.1, 0.15) is 26.3 Å². The lowest BCUT2D eigenvalue weighted by molar-refractivity contribution is 0.560. The molecule has 0 radical (unpaired) electrons. The maximum Gasteiger partial charge on any atom is 0.184 e. The van der Waals surface area contributed by atoms with E-state index in [0.29, 0.717) is 5.02 Å². The summed E-state index contributed by atoms with van der Waals surface area (Å²) in [7, 11) is -3.36. The molecule has 84 valence electrons. The molecule has 2 nitrogen and oxygen atoms in total. The molecule has 4 heteroatoms. The fraction of sp³-hybridized carbons (Fsp3) is 0.455. The van der Waals surface area contributed by atoms with Crippen molar-refractivity contribution in [2.75, 3.05) is 0 Å². The summed E-state index contributed by atoms with van der Waals surface area (Å²) in [6.07, 6.45) is 0. The molecule has 0 fully saturated rings. The van der Waals surface area contributed by atoms with Gasteiger partial charge in [0.1, 0.15) is 0 Å². The van der Waals surface area contributed by atoms with E-state index in [9.17, 15) is 8.42 Å². The Bertz CT molecular complexity index is 470. The summed E-state index contributed by atoms with van der Waals surface area (Å²) in [4.78, 5) is 0.210. The quantitative estimate of drug-likeness (QED) is 0.763. The molecular weight excluding hydrogens is 232 g/mol. The Morgan fingerprint density at radius 3 is 2.13 bits per heavy atom. The zero-order valence-corrected chi connectivity index (χ0v) is 10.9. The van der Waals surface area contributed by atoms with Gasteiger partial charge in [-0.2, -0.15) is 0 Å². The Balaban J connectivity index is 3.42. The van der Waals surface area contributed by atoms with Crippen LogP contribution in [0.4, 0.5) is 0 Å². The minimum Gasteiger partial charge on any atom is -0.223 e. The lowest BCUT2D eigenvalue weighted by Gasteiger charge is -2.20. The summed E-state index contributed by atoms with van der Waals surface area (Å²) < 4.78 is 23.4. The predicted octanol–water partition coefficient (Wildman–Crippen LogP) is 3.22. The summed E-state index contributed by atoms with van der Waals surface area (Å²) in [5, 5.41) is 0.296. The molecule has 0 atom stereocenters. The van der Waals surface area contributed by atoms with Crippen molar-refractivity contribution >= 4 is 21.4 Å². The maximum atomic E-state index is 12.1. The summed E-state index contributed by atoms with van der Waals surface area (Å²) in [5.74, 6) is 0. The third-order valence-corrected chi connectivity index (χ3v) is 5.16. The van der Waals surface area contributed by atoms with Crippen LogP contribution >= 0.6 is 11.6 Å². The summed E-state index contributed by atoms with van der Waals surface area (Å²) >= 11 is 5.94. The van der Waals surface area contributed by atoms with E-state index in [4.69, 9.17) is 11.6 Å². The largest absolute Gasteiger partial charge is 0.223 e. The third kappa shape index (κ3) is 2.34. The van der Waals surface area contributed by atoms with Crippen LogP contribution in [0.25, 0.3) is 0 Å². The molecule has 0 aliphatic heterocycles. The topological polar surface area (TPSA) is 34.1 Å². The van der Waals surface area contributed by atoms with E-state index < -0.39 is 14.6 Å². The van der Waals surface area contributed by atoms with Gasteiger partial charge in [0.25, 0.3) is 0 Å². The first-order chi connectivity index (χ1) is 6.66. The molecule has 1 aromatic rings. The molecule has 0 bridgehead atoms. The number of rotatable bonds is 1. The van der Waals surface area contributed by atoms with E-state index in [1.165, 1.54) is 0 Å². The van der Waals surface area contributed by atoms with Gasteiger partial charge in [-0.1, -0.05) is 17.7 Å². The zero-order valence-electron chi connectivity index (χ0n) is 9.33. The number of hydrogen-bond acceptors (Lipinski definition) is 2. The second kappa shape index (κ2) is 3.80.